The van der Waals surface area contributed by atoms with Crippen molar-refractivity contribution in [2.24, 2.45) is 0 Å². The molecule has 0 aliphatic rings. The molecule has 0 amide bonds. The minimum absolute atomic E-state index is 0.477. The Bertz CT molecular complexity index is 871. The van der Waals surface area contributed by atoms with Crippen molar-refractivity contribution >= 4 is 5.69 Å². The molecule has 3 rings (SSSR count). The molecule has 0 aromatic heterocycles. The summed E-state index contributed by atoms with van der Waals surface area (Å²) in [5, 5.41) is 12.8. The lowest BCUT2D eigenvalue weighted by molar-refractivity contribution is 0.306. The molecule has 0 bridgehead atoms. The molecule has 26 heavy (non-hydrogen) atoms. The fourth-order valence-corrected chi connectivity index (χ4v) is 2.61. The lowest BCUT2D eigenvalue weighted by atomic mass is 10.1. The summed E-state index contributed by atoms with van der Waals surface area (Å²) >= 11 is 0. The number of ether oxygens (including phenoxy) is 2. The van der Waals surface area contributed by atoms with Gasteiger partial charge in [-0.1, -0.05) is 54.6 Å². The average Bonchev–Trinajstić information content (AvgIpc) is 2.72. The smallest absolute Gasteiger partial charge is 0.141 e. The predicted octanol–water partition coefficient (Wildman–Crippen LogP) is 4.95. The van der Waals surface area contributed by atoms with Crippen LogP contribution in [-0.4, -0.2) is 7.11 Å². The molecule has 0 aliphatic heterocycles. The van der Waals surface area contributed by atoms with E-state index in [1.54, 1.807) is 7.11 Å². The van der Waals surface area contributed by atoms with E-state index in [9.17, 15) is 5.26 Å². The number of rotatable bonds is 7. The Morgan fingerprint density at radius 2 is 1.62 bits per heavy atom. The van der Waals surface area contributed by atoms with Crippen LogP contribution in [0, 0.1) is 11.3 Å². The highest BCUT2D eigenvalue weighted by atomic mass is 16.5. The van der Waals surface area contributed by atoms with Crippen LogP contribution < -0.4 is 14.8 Å². The Morgan fingerprint density at radius 3 is 2.31 bits per heavy atom. The molecule has 0 heterocycles. The summed E-state index contributed by atoms with van der Waals surface area (Å²) in [4.78, 5) is 0. The van der Waals surface area contributed by atoms with Gasteiger partial charge in [-0.3, -0.25) is 0 Å². The van der Waals surface area contributed by atoms with Gasteiger partial charge in [-0.15, -0.1) is 0 Å². The second kappa shape index (κ2) is 8.59. The molecule has 0 spiro atoms. The highest BCUT2D eigenvalue weighted by molar-refractivity contribution is 5.58. The monoisotopic (exact) mass is 344 g/mol. The number of nitriles is 1. The molecule has 4 heteroatoms. The zero-order valence-electron chi connectivity index (χ0n) is 14.6. The van der Waals surface area contributed by atoms with Gasteiger partial charge >= 0.3 is 0 Å². The topological polar surface area (TPSA) is 54.3 Å². The molecular weight excluding hydrogens is 324 g/mol. The molecule has 4 nitrogen and oxygen atoms in total. The van der Waals surface area contributed by atoms with Crippen LogP contribution in [0.4, 0.5) is 5.69 Å². The zero-order valence-corrected chi connectivity index (χ0v) is 14.6. The van der Waals surface area contributed by atoms with Crippen LogP contribution in [0.3, 0.4) is 0 Å². The van der Waals surface area contributed by atoms with Crippen molar-refractivity contribution in [1.29, 1.82) is 5.26 Å². The van der Waals surface area contributed by atoms with Gasteiger partial charge in [-0.25, -0.2) is 0 Å². The molecule has 130 valence electrons. The number of hydrogen-bond donors (Lipinski definition) is 1. The SMILES string of the molecule is COc1ccccc1N[C@@H](C#N)c1ccc(OCc2ccccc2)cc1. The molecule has 3 aromatic carbocycles. The van der Waals surface area contributed by atoms with Gasteiger partial charge in [-0.2, -0.15) is 5.26 Å². The maximum atomic E-state index is 9.54. The number of anilines is 1. The lowest BCUT2D eigenvalue weighted by Crippen LogP contribution is -2.09. The molecule has 1 atom stereocenters. The number of benzene rings is 3. The van der Waals surface area contributed by atoms with Gasteiger partial charge in [0.25, 0.3) is 0 Å². The van der Waals surface area contributed by atoms with Crippen LogP contribution in [0.1, 0.15) is 17.2 Å². The summed E-state index contributed by atoms with van der Waals surface area (Å²) in [6.45, 7) is 0.515. The van der Waals surface area contributed by atoms with Crippen LogP contribution in [0.5, 0.6) is 11.5 Å². The minimum atomic E-state index is -0.477. The van der Waals surface area contributed by atoms with E-state index >= 15 is 0 Å². The van der Waals surface area contributed by atoms with Gasteiger partial charge in [-0.05, 0) is 35.4 Å². The van der Waals surface area contributed by atoms with Gasteiger partial charge in [0.1, 0.15) is 24.1 Å². The second-order valence-electron chi connectivity index (χ2n) is 5.75. The van der Waals surface area contributed by atoms with Crippen LogP contribution >= 0.6 is 0 Å². The molecule has 3 aromatic rings. The standard InChI is InChI=1S/C22H20N2O2/c1-25-22-10-6-5-9-20(22)24-21(15-23)18-11-13-19(14-12-18)26-16-17-7-3-2-4-8-17/h2-14,21,24H,16H2,1H3/t21-/m0/s1. The second-order valence-corrected chi connectivity index (χ2v) is 5.75. The maximum absolute atomic E-state index is 9.54. The Labute approximate surface area is 153 Å². The van der Waals surface area contributed by atoms with E-state index in [-0.39, 0.29) is 0 Å². The van der Waals surface area contributed by atoms with Crippen molar-refractivity contribution in [3.05, 3.63) is 90.0 Å². The van der Waals surface area contributed by atoms with Crippen LogP contribution in [0.2, 0.25) is 0 Å². The molecule has 0 unspecified atom stereocenters. The molecular formula is C22H20N2O2. The molecule has 0 aliphatic carbocycles. The van der Waals surface area contributed by atoms with E-state index in [0.29, 0.717) is 12.4 Å². The third kappa shape index (κ3) is 4.34. The largest absolute Gasteiger partial charge is 0.495 e. The summed E-state index contributed by atoms with van der Waals surface area (Å²) in [7, 11) is 1.61. The van der Waals surface area contributed by atoms with E-state index < -0.39 is 6.04 Å². The number of para-hydroxylation sites is 2. The van der Waals surface area contributed by atoms with Crippen LogP contribution in [0.15, 0.2) is 78.9 Å². The fourth-order valence-electron chi connectivity index (χ4n) is 2.61. The van der Waals surface area contributed by atoms with E-state index in [4.69, 9.17) is 9.47 Å². The summed E-state index contributed by atoms with van der Waals surface area (Å²) in [5.74, 6) is 1.47. The van der Waals surface area contributed by atoms with Crippen molar-refractivity contribution in [3.8, 4) is 17.6 Å². The first-order valence-electron chi connectivity index (χ1n) is 8.36. The first-order valence-corrected chi connectivity index (χ1v) is 8.36. The number of nitrogens with one attached hydrogen (secondary N) is 1. The lowest BCUT2D eigenvalue weighted by Gasteiger charge is -2.16. The first kappa shape index (κ1) is 17.4. The number of methoxy groups -OCH3 is 1. The van der Waals surface area contributed by atoms with E-state index in [1.165, 1.54) is 0 Å². The fraction of sp³-hybridized carbons (Fsp3) is 0.136. The minimum Gasteiger partial charge on any atom is -0.495 e. The number of nitrogens with zero attached hydrogens (tertiary/aromatic N) is 1. The molecule has 1 N–H and O–H groups in total. The van der Waals surface area contributed by atoms with Gasteiger partial charge < -0.3 is 14.8 Å². The summed E-state index contributed by atoms with van der Waals surface area (Å²) in [6.07, 6.45) is 0. The Hall–Kier alpha value is -3.45. The van der Waals surface area contributed by atoms with Crippen molar-refractivity contribution < 1.29 is 9.47 Å². The van der Waals surface area contributed by atoms with Crippen molar-refractivity contribution in [1.82, 2.24) is 0 Å². The first-order chi connectivity index (χ1) is 12.8. The molecule has 0 radical (unpaired) electrons. The maximum Gasteiger partial charge on any atom is 0.141 e. The van der Waals surface area contributed by atoms with Gasteiger partial charge in [0.2, 0.25) is 0 Å². The van der Waals surface area contributed by atoms with Crippen LogP contribution in [0.25, 0.3) is 0 Å². The Kier molecular flexibility index (Phi) is 5.74. The summed E-state index contributed by atoms with van der Waals surface area (Å²) < 4.78 is 11.1. The zero-order chi connectivity index (χ0) is 18.2. The third-order valence-corrected chi connectivity index (χ3v) is 4.00. The van der Waals surface area contributed by atoms with Crippen molar-refractivity contribution in [2.75, 3.05) is 12.4 Å². The Balaban J connectivity index is 1.67. The van der Waals surface area contributed by atoms with Gasteiger partial charge in [0, 0.05) is 0 Å². The number of hydrogen-bond acceptors (Lipinski definition) is 4. The summed E-state index contributed by atoms with van der Waals surface area (Å²) in [6, 6.07) is 26.9. The van der Waals surface area contributed by atoms with Crippen LogP contribution in [-0.2, 0) is 6.61 Å². The van der Waals surface area contributed by atoms with E-state index in [2.05, 4.69) is 11.4 Å². The quantitative estimate of drug-likeness (QED) is 0.659. The highest BCUT2D eigenvalue weighted by Crippen LogP contribution is 2.28. The highest BCUT2D eigenvalue weighted by Gasteiger charge is 2.12. The van der Waals surface area contributed by atoms with E-state index in [1.807, 2.05) is 78.9 Å². The van der Waals surface area contributed by atoms with Gasteiger partial charge in [0.15, 0.2) is 0 Å². The Morgan fingerprint density at radius 1 is 0.923 bits per heavy atom. The van der Waals surface area contributed by atoms with E-state index in [0.717, 1.165) is 22.6 Å². The third-order valence-electron chi connectivity index (χ3n) is 4.00. The normalized spacial score (nSPS) is 11.2. The molecule has 0 saturated heterocycles. The van der Waals surface area contributed by atoms with Crippen molar-refractivity contribution in [3.63, 3.8) is 0 Å². The van der Waals surface area contributed by atoms with Gasteiger partial charge in [0.05, 0.1) is 18.9 Å². The predicted molar refractivity (Wildman–Crippen MR) is 102 cm³/mol. The molecule has 0 fully saturated rings. The summed E-state index contributed by atoms with van der Waals surface area (Å²) in [5.41, 5.74) is 2.76. The molecule has 0 saturated carbocycles. The van der Waals surface area contributed by atoms with Crippen molar-refractivity contribution in [2.45, 2.75) is 12.6 Å². The average molecular weight is 344 g/mol.